The maximum atomic E-state index is 12.5. The molecule has 3 nitrogen and oxygen atoms in total. The van der Waals surface area contributed by atoms with E-state index in [0.29, 0.717) is 5.69 Å². The van der Waals surface area contributed by atoms with E-state index in [1.165, 1.54) is 10.4 Å². The molecule has 1 aliphatic rings. The van der Waals surface area contributed by atoms with Crippen molar-refractivity contribution in [3.63, 3.8) is 0 Å². The van der Waals surface area contributed by atoms with Gasteiger partial charge >= 0.3 is 0 Å². The van der Waals surface area contributed by atoms with Crippen LogP contribution in [0.1, 0.15) is 34.8 Å². The summed E-state index contributed by atoms with van der Waals surface area (Å²) in [5.41, 5.74) is 9.53. The molecule has 0 aliphatic heterocycles. The molecule has 21 heavy (non-hydrogen) atoms. The number of anilines is 2. The third-order valence-electron chi connectivity index (χ3n) is 3.89. The molecule has 1 unspecified atom stereocenters. The van der Waals surface area contributed by atoms with Crippen molar-refractivity contribution in [2.75, 3.05) is 11.1 Å². The molecule has 1 aromatic heterocycles. The molecular weight excluding hydrogens is 304 g/mol. The van der Waals surface area contributed by atoms with Crippen molar-refractivity contribution in [1.29, 1.82) is 0 Å². The second-order valence-corrected chi connectivity index (χ2v) is 6.31. The lowest BCUT2D eigenvalue weighted by atomic mass is 9.87. The topological polar surface area (TPSA) is 55.1 Å². The smallest absolute Gasteiger partial charge is 0.231 e. The minimum absolute atomic E-state index is 0. The van der Waals surface area contributed by atoms with Gasteiger partial charge in [-0.15, -0.1) is 23.7 Å². The van der Waals surface area contributed by atoms with Crippen molar-refractivity contribution >= 4 is 41.0 Å². The molecule has 2 aromatic rings. The zero-order chi connectivity index (χ0) is 14.1. The minimum Gasteiger partial charge on any atom is -0.399 e. The van der Waals surface area contributed by atoms with Crippen LogP contribution in [0.2, 0.25) is 0 Å². The van der Waals surface area contributed by atoms with Gasteiger partial charge in [0.15, 0.2) is 0 Å². The molecule has 1 aliphatic carbocycles. The molecule has 3 N–H and O–H groups in total. The molecule has 1 heterocycles. The summed E-state index contributed by atoms with van der Waals surface area (Å²) in [5, 5.41) is 5.12. The van der Waals surface area contributed by atoms with Gasteiger partial charge in [-0.2, -0.15) is 0 Å². The van der Waals surface area contributed by atoms with Crippen LogP contribution in [0.15, 0.2) is 29.6 Å². The summed E-state index contributed by atoms with van der Waals surface area (Å²) >= 11 is 1.76. The van der Waals surface area contributed by atoms with Crippen LogP contribution >= 0.6 is 23.7 Å². The van der Waals surface area contributed by atoms with Crippen molar-refractivity contribution in [1.82, 2.24) is 0 Å². The Morgan fingerprint density at radius 1 is 1.38 bits per heavy atom. The number of hydrogen-bond donors (Lipinski definition) is 2. The number of thiophene rings is 1. The third-order valence-corrected chi connectivity index (χ3v) is 4.88. The monoisotopic (exact) mass is 322 g/mol. The summed E-state index contributed by atoms with van der Waals surface area (Å²) in [6.45, 7) is 1.98. The predicted octanol–water partition coefficient (Wildman–Crippen LogP) is 4.12. The van der Waals surface area contributed by atoms with Gasteiger partial charge in [0.25, 0.3) is 0 Å². The zero-order valence-electron chi connectivity index (χ0n) is 11.9. The first-order chi connectivity index (χ1) is 9.65. The molecule has 0 radical (unpaired) electrons. The maximum absolute atomic E-state index is 12.5. The van der Waals surface area contributed by atoms with Gasteiger partial charge in [-0.25, -0.2) is 0 Å². The molecule has 0 fully saturated rings. The Kier molecular flexibility index (Phi) is 4.91. The number of carbonyl (C=O) groups is 1. The van der Waals surface area contributed by atoms with Crippen molar-refractivity contribution in [3.8, 4) is 0 Å². The fraction of sp³-hybridized carbons (Fsp3) is 0.312. The number of hydrogen-bond acceptors (Lipinski definition) is 3. The first-order valence-corrected chi connectivity index (χ1v) is 7.76. The normalized spacial score (nSPS) is 16.7. The predicted molar refractivity (Wildman–Crippen MR) is 91.5 cm³/mol. The Bertz CT molecular complexity index is 653. The Morgan fingerprint density at radius 2 is 2.19 bits per heavy atom. The lowest BCUT2D eigenvalue weighted by Crippen LogP contribution is -2.24. The number of amides is 1. The van der Waals surface area contributed by atoms with Gasteiger partial charge in [0.2, 0.25) is 5.91 Å². The van der Waals surface area contributed by atoms with E-state index in [-0.39, 0.29) is 24.2 Å². The van der Waals surface area contributed by atoms with E-state index >= 15 is 0 Å². The Morgan fingerprint density at radius 3 is 3.00 bits per heavy atom. The van der Waals surface area contributed by atoms with E-state index in [4.69, 9.17) is 5.73 Å². The highest BCUT2D eigenvalue weighted by Crippen LogP contribution is 2.35. The highest BCUT2D eigenvalue weighted by Gasteiger charge is 2.27. The summed E-state index contributed by atoms with van der Waals surface area (Å²) < 4.78 is 0. The molecule has 3 rings (SSSR count). The van der Waals surface area contributed by atoms with Crippen molar-refractivity contribution in [2.45, 2.75) is 32.1 Å². The zero-order valence-corrected chi connectivity index (χ0v) is 13.5. The van der Waals surface area contributed by atoms with Crippen LogP contribution in [0.4, 0.5) is 11.4 Å². The molecule has 5 heteroatoms. The van der Waals surface area contributed by atoms with E-state index in [0.717, 1.165) is 30.5 Å². The fourth-order valence-electron chi connectivity index (χ4n) is 2.75. The van der Waals surface area contributed by atoms with E-state index < -0.39 is 0 Å². The number of rotatable bonds is 2. The van der Waals surface area contributed by atoms with Gasteiger partial charge in [0.05, 0.1) is 5.92 Å². The van der Waals surface area contributed by atoms with Gasteiger partial charge in [-0.1, -0.05) is 6.07 Å². The summed E-state index contributed by atoms with van der Waals surface area (Å²) in [5.74, 6) is 0.0591. The number of carbonyl (C=O) groups excluding carboxylic acids is 1. The van der Waals surface area contributed by atoms with E-state index in [2.05, 4.69) is 16.8 Å². The van der Waals surface area contributed by atoms with Crippen LogP contribution in [0.25, 0.3) is 0 Å². The van der Waals surface area contributed by atoms with E-state index in [1.807, 2.05) is 25.1 Å². The van der Waals surface area contributed by atoms with Gasteiger partial charge in [0, 0.05) is 16.3 Å². The van der Waals surface area contributed by atoms with Gasteiger partial charge in [-0.3, -0.25) is 4.79 Å². The van der Waals surface area contributed by atoms with Crippen molar-refractivity contribution in [2.24, 2.45) is 0 Å². The molecule has 1 amide bonds. The number of fused-ring (bicyclic) bond motifs is 1. The number of benzene rings is 1. The molecule has 0 saturated carbocycles. The highest BCUT2D eigenvalue weighted by molar-refractivity contribution is 7.10. The van der Waals surface area contributed by atoms with Crippen LogP contribution in [-0.2, 0) is 11.2 Å². The average molecular weight is 323 g/mol. The molecule has 1 atom stereocenters. The minimum atomic E-state index is -0.0224. The van der Waals surface area contributed by atoms with E-state index in [9.17, 15) is 4.79 Å². The lowest BCUT2D eigenvalue weighted by molar-refractivity contribution is -0.117. The highest BCUT2D eigenvalue weighted by atomic mass is 35.5. The average Bonchev–Trinajstić information content (AvgIpc) is 2.91. The maximum Gasteiger partial charge on any atom is 0.231 e. The molecule has 0 bridgehead atoms. The van der Waals surface area contributed by atoms with Crippen LogP contribution in [0.5, 0.6) is 0 Å². The molecule has 112 valence electrons. The van der Waals surface area contributed by atoms with Crippen LogP contribution in [0.3, 0.4) is 0 Å². The Hall–Kier alpha value is -1.52. The van der Waals surface area contributed by atoms with Crippen LogP contribution in [-0.4, -0.2) is 5.91 Å². The molecular formula is C16H19ClN2OS. The second-order valence-electron chi connectivity index (χ2n) is 5.31. The number of aryl methyl sites for hydroxylation is 2. The summed E-state index contributed by atoms with van der Waals surface area (Å²) in [6.07, 6.45) is 3.12. The lowest BCUT2D eigenvalue weighted by Gasteiger charge is -2.22. The summed E-state index contributed by atoms with van der Waals surface area (Å²) in [4.78, 5) is 13.9. The van der Waals surface area contributed by atoms with Gasteiger partial charge in [-0.05, 0) is 60.9 Å². The van der Waals surface area contributed by atoms with Gasteiger partial charge < -0.3 is 11.1 Å². The van der Waals surface area contributed by atoms with Crippen LogP contribution in [0, 0.1) is 6.92 Å². The van der Waals surface area contributed by atoms with Crippen LogP contribution < -0.4 is 11.1 Å². The fourth-order valence-corrected chi connectivity index (χ4v) is 3.74. The largest absolute Gasteiger partial charge is 0.399 e. The summed E-state index contributed by atoms with van der Waals surface area (Å²) in [6, 6.07) is 7.70. The SMILES string of the molecule is Cc1ccc(N)cc1NC(=O)C1CCCc2sccc21.Cl. The Labute approximate surface area is 135 Å². The summed E-state index contributed by atoms with van der Waals surface area (Å²) in [7, 11) is 0. The van der Waals surface area contributed by atoms with E-state index in [1.54, 1.807) is 11.3 Å². The first-order valence-electron chi connectivity index (χ1n) is 6.88. The van der Waals surface area contributed by atoms with Crippen molar-refractivity contribution < 1.29 is 4.79 Å². The molecule has 0 spiro atoms. The number of nitrogens with two attached hydrogens (primary N) is 1. The second kappa shape index (κ2) is 6.50. The first kappa shape index (κ1) is 15.9. The van der Waals surface area contributed by atoms with Crippen molar-refractivity contribution in [3.05, 3.63) is 45.6 Å². The molecule has 1 aromatic carbocycles. The number of halogens is 1. The third kappa shape index (κ3) is 3.22. The number of nitrogens with one attached hydrogen (secondary N) is 1. The van der Waals surface area contributed by atoms with Gasteiger partial charge in [0.1, 0.15) is 0 Å². The Balaban J connectivity index is 0.00000161. The molecule has 0 saturated heterocycles. The number of nitrogen functional groups attached to an aromatic ring is 1. The standard InChI is InChI=1S/C16H18N2OS.ClH/c1-10-5-6-11(17)9-14(10)18-16(19)13-3-2-4-15-12(13)7-8-20-15;/h5-9,13H,2-4,17H2,1H3,(H,18,19);1H. The quantitative estimate of drug-likeness (QED) is 0.817.